The molecule has 0 bridgehead atoms. The monoisotopic (exact) mass is 285 g/mol. The van der Waals surface area contributed by atoms with Gasteiger partial charge in [0.2, 0.25) is 0 Å². The molecule has 1 aromatic rings. The van der Waals surface area contributed by atoms with Gasteiger partial charge in [-0.15, -0.1) is 0 Å². The molecule has 0 N–H and O–H groups in total. The summed E-state index contributed by atoms with van der Waals surface area (Å²) < 4.78 is 0. The molecule has 1 aromatic carbocycles. The number of benzene rings is 1. The number of hydrogen-bond acceptors (Lipinski definition) is 2. The van der Waals surface area contributed by atoms with Crippen LogP contribution in [0.25, 0.3) is 0 Å². The number of ketones is 1. The smallest absolute Gasteiger partial charge is 0.155 e. The van der Waals surface area contributed by atoms with Gasteiger partial charge in [-0.25, -0.2) is 0 Å². The number of hydrogen-bond donors (Lipinski definition) is 0. The first kappa shape index (κ1) is 16.0. The van der Waals surface area contributed by atoms with Crippen molar-refractivity contribution in [2.45, 2.75) is 39.0 Å². The molecule has 2 rings (SSSR count). The van der Waals surface area contributed by atoms with Crippen molar-refractivity contribution in [2.75, 3.05) is 19.6 Å². The van der Waals surface area contributed by atoms with Crippen LogP contribution in [0.5, 0.6) is 0 Å². The largest absolute Gasteiger partial charge is 0.303 e. The average molecular weight is 285 g/mol. The quantitative estimate of drug-likeness (QED) is 0.722. The second-order valence-corrected chi connectivity index (χ2v) is 5.99. The van der Waals surface area contributed by atoms with Gasteiger partial charge in [0.05, 0.1) is 0 Å². The van der Waals surface area contributed by atoms with Crippen molar-refractivity contribution in [3.63, 3.8) is 0 Å². The van der Waals surface area contributed by atoms with Crippen LogP contribution in [0.2, 0.25) is 0 Å². The van der Waals surface area contributed by atoms with Gasteiger partial charge < -0.3 is 4.90 Å². The molecule has 0 saturated heterocycles. The van der Waals surface area contributed by atoms with Crippen LogP contribution in [0.1, 0.15) is 38.2 Å². The van der Waals surface area contributed by atoms with E-state index >= 15 is 0 Å². The SMILES string of the molecule is CCCN(CCc1ccccc1)CCC1C=CC(=O)CC1. The summed E-state index contributed by atoms with van der Waals surface area (Å²) >= 11 is 0. The highest BCUT2D eigenvalue weighted by Crippen LogP contribution is 2.19. The number of carbonyl (C=O) groups excluding carboxylic acids is 1. The summed E-state index contributed by atoms with van der Waals surface area (Å²) in [6.45, 7) is 5.69. The van der Waals surface area contributed by atoms with Crippen molar-refractivity contribution in [1.82, 2.24) is 4.90 Å². The highest BCUT2D eigenvalue weighted by Gasteiger charge is 2.14. The molecule has 0 spiro atoms. The predicted molar refractivity (Wildman–Crippen MR) is 88.4 cm³/mol. The third-order valence-electron chi connectivity index (χ3n) is 4.23. The number of carbonyl (C=O) groups is 1. The van der Waals surface area contributed by atoms with E-state index in [4.69, 9.17) is 0 Å². The molecule has 114 valence electrons. The maximum Gasteiger partial charge on any atom is 0.155 e. The van der Waals surface area contributed by atoms with Crippen molar-refractivity contribution in [3.8, 4) is 0 Å². The molecule has 1 unspecified atom stereocenters. The number of rotatable bonds is 8. The Morgan fingerprint density at radius 3 is 2.62 bits per heavy atom. The molecule has 0 aromatic heterocycles. The second kappa shape index (κ2) is 8.78. The second-order valence-electron chi connectivity index (χ2n) is 5.99. The molecule has 21 heavy (non-hydrogen) atoms. The Morgan fingerprint density at radius 1 is 1.14 bits per heavy atom. The maximum atomic E-state index is 11.2. The fraction of sp³-hybridized carbons (Fsp3) is 0.526. The summed E-state index contributed by atoms with van der Waals surface area (Å²) in [6.07, 6.45) is 9.18. The molecular weight excluding hydrogens is 258 g/mol. The number of allylic oxidation sites excluding steroid dienone is 2. The van der Waals surface area contributed by atoms with Crippen molar-refractivity contribution in [3.05, 3.63) is 48.0 Å². The predicted octanol–water partition coefficient (Wildman–Crippen LogP) is 3.87. The summed E-state index contributed by atoms with van der Waals surface area (Å²) in [7, 11) is 0. The van der Waals surface area contributed by atoms with Crippen LogP contribution in [-0.4, -0.2) is 30.3 Å². The lowest BCUT2D eigenvalue weighted by Crippen LogP contribution is -2.29. The van der Waals surface area contributed by atoms with E-state index in [-0.39, 0.29) is 0 Å². The molecule has 0 heterocycles. The summed E-state index contributed by atoms with van der Waals surface area (Å²) in [5.41, 5.74) is 1.42. The van der Waals surface area contributed by atoms with Crippen molar-refractivity contribution < 1.29 is 4.79 Å². The Kier molecular flexibility index (Phi) is 6.68. The molecule has 0 saturated carbocycles. The molecule has 1 aliphatic carbocycles. The third-order valence-corrected chi connectivity index (χ3v) is 4.23. The zero-order chi connectivity index (χ0) is 14.9. The van der Waals surface area contributed by atoms with Crippen LogP contribution in [0.4, 0.5) is 0 Å². The van der Waals surface area contributed by atoms with E-state index in [1.54, 1.807) is 6.08 Å². The molecule has 0 fully saturated rings. The standard InChI is InChI=1S/C19H27NO/c1-2-14-20(15-12-17-6-4-3-5-7-17)16-13-18-8-10-19(21)11-9-18/h3-8,10,18H,2,9,11-16H2,1H3. The Balaban J connectivity index is 1.76. The van der Waals surface area contributed by atoms with Crippen LogP contribution in [0.3, 0.4) is 0 Å². The summed E-state index contributed by atoms with van der Waals surface area (Å²) in [5, 5.41) is 0. The first-order valence-corrected chi connectivity index (χ1v) is 8.25. The molecule has 0 radical (unpaired) electrons. The van der Waals surface area contributed by atoms with Gasteiger partial charge in [0.15, 0.2) is 5.78 Å². The maximum absolute atomic E-state index is 11.2. The van der Waals surface area contributed by atoms with Crippen molar-refractivity contribution in [1.29, 1.82) is 0 Å². The van der Waals surface area contributed by atoms with Crippen LogP contribution < -0.4 is 0 Å². The van der Waals surface area contributed by atoms with E-state index < -0.39 is 0 Å². The van der Waals surface area contributed by atoms with Crippen LogP contribution >= 0.6 is 0 Å². The van der Waals surface area contributed by atoms with Gasteiger partial charge in [0, 0.05) is 13.0 Å². The Morgan fingerprint density at radius 2 is 1.95 bits per heavy atom. The summed E-state index contributed by atoms with van der Waals surface area (Å²) in [6, 6.07) is 10.7. The van der Waals surface area contributed by atoms with Crippen molar-refractivity contribution in [2.24, 2.45) is 5.92 Å². The fourth-order valence-corrected chi connectivity index (χ4v) is 2.92. The van der Waals surface area contributed by atoms with Gasteiger partial charge in [0.1, 0.15) is 0 Å². The fourth-order valence-electron chi connectivity index (χ4n) is 2.92. The van der Waals surface area contributed by atoms with Gasteiger partial charge in [0.25, 0.3) is 0 Å². The molecular formula is C19H27NO. The van der Waals surface area contributed by atoms with E-state index in [1.807, 2.05) is 0 Å². The van der Waals surface area contributed by atoms with Crippen LogP contribution in [0.15, 0.2) is 42.5 Å². The zero-order valence-electron chi connectivity index (χ0n) is 13.1. The average Bonchev–Trinajstić information content (AvgIpc) is 2.52. The van der Waals surface area contributed by atoms with Crippen LogP contribution in [-0.2, 0) is 11.2 Å². The molecule has 2 nitrogen and oxygen atoms in total. The minimum atomic E-state index is 0.292. The van der Waals surface area contributed by atoms with E-state index in [0.29, 0.717) is 11.7 Å². The van der Waals surface area contributed by atoms with Gasteiger partial charge >= 0.3 is 0 Å². The lowest BCUT2D eigenvalue weighted by molar-refractivity contribution is -0.115. The molecule has 0 aliphatic heterocycles. The van der Waals surface area contributed by atoms with Crippen molar-refractivity contribution >= 4 is 5.78 Å². The van der Waals surface area contributed by atoms with E-state index in [1.165, 1.54) is 24.9 Å². The van der Waals surface area contributed by atoms with Gasteiger partial charge in [-0.1, -0.05) is 43.3 Å². The minimum Gasteiger partial charge on any atom is -0.303 e. The third kappa shape index (κ3) is 5.84. The Labute approximate surface area is 128 Å². The van der Waals surface area contributed by atoms with E-state index in [2.05, 4.69) is 48.2 Å². The van der Waals surface area contributed by atoms with Gasteiger partial charge in [-0.2, -0.15) is 0 Å². The van der Waals surface area contributed by atoms with E-state index in [0.717, 1.165) is 32.4 Å². The van der Waals surface area contributed by atoms with Crippen LogP contribution in [0, 0.1) is 5.92 Å². The molecule has 1 atom stereocenters. The molecule has 2 heteroatoms. The topological polar surface area (TPSA) is 20.3 Å². The molecule has 1 aliphatic rings. The van der Waals surface area contributed by atoms with Gasteiger partial charge in [-0.3, -0.25) is 4.79 Å². The first-order chi connectivity index (χ1) is 10.3. The molecule has 0 amide bonds. The lowest BCUT2D eigenvalue weighted by Gasteiger charge is -2.24. The highest BCUT2D eigenvalue weighted by molar-refractivity contribution is 5.90. The summed E-state index contributed by atoms with van der Waals surface area (Å²) in [5.74, 6) is 0.888. The Bertz CT molecular complexity index is 452. The van der Waals surface area contributed by atoms with Gasteiger partial charge in [-0.05, 0) is 56.3 Å². The lowest BCUT2D eigenvalue weighted by atomic mass is 9.92. The first-order valence-electron chi connectivity index (χ1n) is 8.25. The Hall–Kier alpha value is -1.41. The highest BCUT2D eigenvalue weighted by atomic mass is 16.1. The van der Waals surface area contributed by atoms with E-state index in [9.17, 15) is 4.79 Å². The zero-order valence-corrected chi connectivity index (χ0v) is 13.1. The number of nitrogens with zero attached hydrogens (tertiary/aromatic N) is 1. The normalized spacial score (nSPS) is 18.4. The summed E-state index contributed by atoms with van der Waals surface area (Å²) in [4.78, 5) is 13.8. The minimum absolute atomic E-state index is 0.292.